The number of aromatic amines is 2. The number of hydrogen-bond donors (Lipinski definition) is 10. The minimum absolute atomic E-state index is 0.0272. The average molecular weight is 2060 g/mol. The first-order chi connectivity index (χ1) is 71.2. The number of halogens is 6. The number of aromatic nitrogens is 10. The van der Waals surface area contributed by atoms with Gasteiger partial charge in [-0.3, -0.25) is 48.3 Å². The minimum Gasteiger partial charge on any atom is -0.489 e. The summed E-state index contributed by atoms with van der Waals surface area (Å²) < 4.78 is 113. The van der Waals surface area contributed by atoms with Gasteiger partial charge in [0.05, 0.1) is 61.6 Å². The van der Waals surface area contributed by atoms with Crippen LogP contribution in [-0.4, -0.2) is 245 Å². The van der Waals surface area contributed by atoms with Crippen molar-refractivity contribution in [3.8, 4) is 70.4 Å². The molecule has 2 unspecified atom stereocenters. The van der Waals surface area contributed by atoms with E-state index < -0.39 is 106 Å². The van der Waals surface area contributed by atoms with E-state index in [1.807, 2.05) is 0 Å². The van der Waals surface area contributed by atoms with Gasteiger partial charge in [-0.2, -0.15) is 45.9 Å². The molecule has 38 nitrogen and oxygen atoms in total. The molecular weight excluding hydrogens is 1960 g/mol. The quantitative estimate of drug-likeness (QED) is 0.0379. The summed E-state index contributed by atoms with van der Waals surface area (Å²) in [7, 11) is 6.27. The first-order valence-electron chi connectivity index (χ1n) is 46.2. The van der Waals surface area contributed by atoms with Gasteiger partial charge in [0.1, 0.15) is 108 Å². The van der Waals surface area contributed by atoms with Gasteiger partial charge in [0.2, 0.25) is 11.1 Å². The Hall–Kier alpha value is -17.7. The van der Waals surface area contributed by atoms with Crippen LogP contribution < -0.4 is 70.9 Å². The molecule has 150 heavy (non-hydrogen) atoms. The predicted octanol–water partition coefficient (Wildman–Crippen LogP) is 7.24. The lowest BCUT2D eigenvalue weighted by atomic mass is 10.0. The van der Waals surface area contributed by atoms with Crippen LogP contribution in [0.25, 0.3) is 0 Å². The smallest absolute Gasteiger partial charge is 0.433 e. The second-order valence-corrected chi connectivity index (χ2v) is 36.3. The molecular formula is C106H96F6N18O20. The van der Waals surface area contributed by atoms with Crippen LogP contribution in [0, 0.1) is 47.4 Å². The van der Waals surface area contributed by atoms with E-state index in [9.17, 15) is 94.7 Å². The number of likely N-dealkylation sites (N-methyl/N-ethyl adjacent to an activating group) is 4. The second-order valence-electron chi connectivity index (χ2n) is 36.3. The normalized spacial score (nSPS) is 16.7. The van der Waals surface area contributed by atoms with Crippen molar-refractivity contribution in [1.29, 1.82) is 0 Å². The SMILES string of the molecule is CN1C(=O)C(NC(=O)c2cc(Cc3cccc(=O)[nH]3)ccn2)COc2ccc(C#CC3(O)COC3)cc21.CN1C(=O)C(NC(=O)n2cc(Cc3cccc(C(F)(F)F)n3)cn2)COc2ccc(C#CC(C)(C)O)cc21.CN1C(=O)[C@H](NC(=O)c2cc(Cc3cccc(=O)[nH]3)ccn2)COc2ccc(C#CC3(O)COC3)cc21.CN1C(=O)[C@H](NC(=O)n2cc(Cc3cccc(C(F)(F)F)n3)cn2)COc2ccc(C#CC(C)(C)O)cc21. The fourth-order valence-electron chi connectivity index (χ4n) is 15.2. The number of pyridine rings is 6. The number of hydrogen-bond acceptors (Lipinski definition) is 26. The highest BCUT2D eigenvalue weighted by atomic mass is 19.4. The Bertz CT molecular complexity index is 7160. The standard InChI is InChI=1S/2C27H24N4O6.2C26H24F3N5O4/c2*1-31-22-13-17(7-9-27(35)15-36-16-27)5-6-23(22)37-14-21(26(31)34)30-25(33)20-12-18(8-10-28-20)11-19-3-2-4-24(32)29-19;2*1-25(2,37)10-9-16-7-8-21-20(12-16)33(3)23(35)19(15-38-21)32-24(36)34-14-17(13-30-34)11-18-5-4-6-22(31-18)26(27,28)29/h2*2-6,8,10,12-13,21,35H,11,14-16H2,1H3,(H,29,32)(H,30,33);2*4-8,12-14,19,37H,11,15H2,1-3H3,(H,32,36)/t21-;;19-;/m1.1./s1. The number of carbonyl (C=O) groups excluding carboxylic acids is 8. The molecule has 6 aliphatic rings. The lowest BCUT2D eigenvalue weighted by molar-refractivity contribution is -0.142. The van der Waals surface area contributed by atoms with Crippen LogP contribution in [0.15, 0.2) is 217 Å². The Balaban J connectivity index is 0.000000149. The lowest BCUT2D eigenvalue weighted by Gasteiger charge is -2.30. The molecule has 8 aromatic heterocycles. The molecule has 18 rings (SSSR count). The van der Waals surface area contributed by atoms with Crippen molar-refractivity contribution in [2.45, 2.75) is 112 Å². The maximum absolute atomic E-state index is 13.2. The molecule has 4 aromatic carbocycles. The maximum Gasteiger partial charge on any atom is 0.433 e. The van der Waals surface area contributed by atoms with Gasteiger partial charge in [-0.15, -0.1) is 0 Å². The van der Waals surface area contributed by atoms with Crippen LogP contribution in [0.1, 0.15) is 127 Å². The minimum atomic E-state index is -4.56. The number of carbonyl (C=O) groups is 8. The number of nitrogens with zero attached hydrogens (tertiary/aromatic N) is 12. The zero-order chi connectivity index (χ0) is 107. The molecule has 10 N–H and O–H groups in total. The van der Waals surface area contributed by atoms with Gasteiger partial charge in [0.25, 0.3) is 35.4 Å². The van der Waals surface area contributed by atoms with Crippen molar-refractivity contribution < 1.29 is 114 Å². The predicted molar refractivity (Wildman–Crippen MR) is 528 cm³/mol. The molecule has 0 saturated carbocycles. The number of aliphatic hydroxyl groups is 4. The number of fused-ring (bicyclic) bond motifs is 4. The van der Waals surface area contributed by atoms with Crippen molar-refractivity contribution in [3.63, 3.8) is 0 Å². The first kappa shape index (κ1) is 107. The van der Waals surface area contributed by atoms with E-state index >= 15 is 0 Å². The van der Waals surface area contributed by atoms with E-state index in [1.165, 1.54) is 107 Å². The third kappa shape index (κ3) is 27.7. The Morgan fingerprint density at radius 1 is 0.413 bits per heavy atom. The van der Waals surface area contributed by atoms with Gasteiger partial charge >= 0.3 is 24.4 Å². The van der Waals surface area contributed by atoms with Crippen molar-refractivity contribution in [1.82, 2.24) is 70.7 Å². The second kappa shape index (κ2) is 45.1. The van der Waals surface area contributed by atoms with Gasteiger partial charge in [0, 0.05) is 136 Å². The van der Waals surface area contributed by atoms with Crippen molar-refractivity contribution >= 4 is 70.3 Å². The van der Waals surface area contributed by atoms with E-state index in [0.717, 1.165) is 32.6 Å². The summed E-state index contributed by atoms with van der Waals surface area (Å²) in [5, 5.41) is 58.4. The molecule has 0 radical (unpaired) electrons. The van der Waals surface area contributed by atoms with Crippen molar-refractivity contribution in [2.75, 3.05) is 101 Å². The van der Waals surface area contributed by atoms with E-state index in [2.05, 4.69) is 109 Å². The number of anilines is 4. The molecule has 0 aliphatic carbocycles. The molecule has 2 saturated heterocycles. The Kier molecular flexibility index (Phi) is 32.1. The Labute approximate surface area is 851 Å². The van der Waals surface area contributed by atoms with Crippen LogP contribution >= 0.6 is 0 Å². The number of alkyl halides is 6. The monoisotopic (exact) mass is 2050 g/mol. The van der Waals surface area contributed by atoms with E-state index in [-0.39, 0.29) is 111 Å². The number of rotatable bonds is 14. The molecule has 4 atom stereocenters. The molecule has 12 aromatic rings. The van der Waals surface area contributed by atoms with Gasteiger partial charge in [-0.05, 0) is 183 Å². The summed E-state index contributed by atoms with van der Waals surface area (Å²) in [6.45, 7) is 6.48. The summed E-state index contributed by atoms with van der Waals surface area (Å²) in [5.74, 6) is 21.7. The molecule has 6 aliphatic heterocycles. The fraction of sp³-hybridized carbons (Fsp3) is 0.283. The zero-order valence-corrected chi connectivity index (χ0v) is 81.4. The molecule has 14 heterocycles. The van der Waals surface area contributed by atoms with E-state index in [0.29, 0.717) is 103 Å². The van der Waals surface area contributed by atoms with Gasteiger partial charge < -0.3 is 99.7 Å². The largest absolute Gasteiger partial charge is 0.489 e. The number of ether oxygens (including phenoxy) is 6. The van der Waals surface area contributed by atoms with Gasteiger partial charge in [0.15, 0.2) is 11.2 Å². The van der Waals surface area contributed by atoms with Crippen LogP contribution in [0.3, 0.4) is 0 Å². The number of benzene rings is 4. The summed E-state index contributed by atoms with van der Waals surface area (Å²) >= 11 is 0. The lowest BCUT2D eigenvalue weighted by Crippen LogP contribution is -2.50. The summed E-state index contributed by atoms with van der Waals surface area (Å²) in [4.78, 5) is 154. The molecule has 8 amide bonds. The van der Waals surface area contributed by atoms with Gasteiger partial charge in [-0.1, -0.05) is 71.6 Å². The number of H-pyrrole nitrogens is 2. The van der Waals surface area contributed by atoms with Crippen LogP contribution in [0.5, 0.6) is 23.0 Å². The summed E-state index contributed by atoms with van der Waals surface area (Å²) in [6.07, 6.45) is 0.153. The Morgan fingerprint density at radius 3 is 1.04 bits per heavy atom. The summed E-state index contributed by atoms with van der Waals surface area (Å²) in [6, 6.07) is 38.6. The zero-order valence-electron chi connectivity index (χ0n) is 81.4. The van der Waals surface area contributed by atoms with Gasteiger partial charge in [-0.25, -0.2) is 19.6 Å². The van der Waals surface area contributed by atoms with E-state index in [4.69, 9.17) is 28.4 Å². The van der Waals surface area contributed by atoms with Crippen molar-refractivity contribution in [2.24, 2.45) is 0 Å². The summed E-state index contributed by atoms with van der Waals surface area (Å²) in [5.41, 5.74) is 1.65. The highest BCUT2D eigenvalue weighted by molar-refractivity contribution is 6.05. The van der Waals surface area contributed by atoms with Crippen LogP contribution in [0.2, 0.25) is 0 Å². The molecule has 0 bridgehead atoms. The topological polar surface area (TPSA) is 487 Å². The number of amides is 8. The highest BCUT2D eigenvalue weighted by Crippen LogP contribution is 2.38. The van der Waals surface area contributed by atoms with E-state index in [1.54, 1.807) is 163 Å². The Morgan fingerprint density at radius 2 is 0.733 bits per heavy atom. The third-order valence-corrected chi connectivity index (χ3v) is 23.1. The maximum atomic E-state index is 13.2. The molecule has 44 heteroatoms. The highest BCUT2D eigenvalue weighted by Gasteiger charge is 2.41. The fourth-order valence-corrected chi connectivity index (χ4v) is 15.2. The third-order valence-electron chi connectivity index (χ3n) is 23.1. The molecule has 0 spiro atoms. The average Bonchev–Trinajstić information content (AvgIpc) is 1.66. The number of nitrogens with one attached hydrogen (secondary N) is 6. The van der Waals surface area contributed by atoms with Crippen LogP contribution in [0.4, 0.5) is 58.7 Å². The van der Waals surface area contributed by atoms with Crippen molar-refractivity contribution in [3.05, 3.63) is 318 Å². The molecule has 772 valence electrons. The molecule has 2 fully saturated rings. The van der Waals surface area contributed by atoms with Crippen LogP contribution in [-0.2, 0) is 66.7 Å². The first-order valence-corrected chi connectivity index (χ1v) is 46.2.